The van der Waals surface area contributed by atoms with Crippen LogP contribution in [0.2, 0.25) is 0 Å². The first-order valence-electron chi connectivity index (χ1n) is 12.6. The van der Waals surface area contributed by atoms with Crippen molar-refractivity contribution in [2.45, 2.75) is 51.9 Å². The highest BCUT2D eigenvalue weighted by molar-refractivity contribution is 6.07. The number of carbonyl (C=O) groups is 2. The summed E-state index contributed by atoms with van der Waals surface area (Å²) < 4.78 is 5.51. The predicted molar refractivity (Wildman–Crippen MR) is 147 cm³/mol. The Morgan fingerprint density at radius 2 is 1.62 bits per heavy atom. The summed E-state index contributed by atoms with van der Waals surface area (Å²) in [5.41, 5.74) is 3.62. The molecule has 0 bridgehead atoms. The Balaban J connectivity index is 1.49. The van der Waals surface area contributed by atoms with Crippen LogP contribution in [0.4, 0.5) is 27.8 Å². The first-order valence-corrected chi connectivity index (χ1v) is 12.6. The van der Waals surface area contributed by atoms with Gasteiger partial charge in [-0.3, -0.25) is 10.1 Å². The Bertz CT molecular complexity index is 1290. The van der Waals surface area contributed by atoms with Crippen molar-refractivity contribution in [3.8, 4) is 5.75 Å². The van der Waals surface area contributed by atoms with Gasteiger partial charge in [0.25, 0.3) is 5.91 Å². The third-order valence-corrected chi connectivity index (χ3v) is 6.63. The number of ether oxygens (including phenoxy) is 1. The molecule has 3 aromatic rings. The standard InChI is InChI=1S/C28H34N6O3/c1-17-10-11-21(15-22(17)33-28(36)34-26-16-25(29-3)30-18(2)31-26)27(35)32-23-14-20(12-13-24(23)37-4)19-8-6-5-7-9-19/h10-16,19H,5-9H2,1-4H3,(H,32,35)(H3,29,30,31,33,34,36). The average Bonchev–Trinajstić information content (AvgIpc) is 2.90. The van der Waals surface area contributed by atoms with Crippen LogP contribution in [0.3, 0.4) is 0 Å². The fourth-order valence-electron chi connectivity index (χ4n) is 4.64. The molecule has 1 aliphatic rings. The molecule has 0 unspecified atom stereocenters. The highest BCUT2D eigenvalue weighted by atomic mass is 16.5. The lowest BCUT2D eigenvalue weighted by Gasteiger charge is -2.23. The van der Waals surface area contributed by atoms with Gasteiger partial charge in [0.15, 0.2) is 0 Å². The van der Waals surface area contributed by atoms with E-state index in [1.54, 1.807) is 45.3 Å². The van der Waals surface area contributed by atoms with Gasteiger partial charge in [-0.1, -0.05) is 31.4 Å². The van der Waals surface area contributed by atoms with Crippen molar-refractivity contribution < 1.29 is 14.3 Å². The second kappa shape index (κ2) is 11.7. The van der Waals surface area contributed by atoms with Crippen LogP contribution in [0, 0.1) is 13.8 Å². The molecule has 1 fully saturated rings. The van der Waals surface area contributed by atoms with Gasteiger partial charge in [-0.2, -0.15) is 0 Å². The number of anilines is 4. The number of urea groups is 1. The molecule has 1 heterocycles. The molecule has 0 radical (unpaired) electrons. The SMILES string of the molecule is CNc1cc(NC(=O)Nc2cc(C(=O)Nc3cc(C4CCCCC4)ccc3OC)ccc2C)nc(C)n1. The summed E-state index contributed by atoms with van der Waals surface area (Å²) in [6.07, 6.45) is 6.09. The van der Waals surface area contributed by atoms with E-state index < -0.39 is 6.03 Å². The molecular weight excluding hydrogens is 468 g/mol. The summed E-state index contributed by atoms with van der Waals surface area (Å²) in [7, 11) is 3.34. The number of aromatic nitrogens is 2. The van der Waals surface area contributed by atoms with Crippen LogP contribution in [0.25, 0.3) is 0 Å². The fourth-order valence-corrected chi connectivity index (χ4v) is 4.64. The van der Waals surface area contributed by atoms with E-state index >= 15 is 0 Å². The van der Waals surface area contributed by atoms with Crippen LogP contribution in [-0.4, -0.2) is 36.1 Å². The van der Waals surface area contributed by atoms with Crippen molar-refractivity contribution in [3.63, 3.8) is 0 Å². The minimum Gasteiger partial charge on any atom is -0.495 e. The number of benzene rings is 2. The second-order valence-corrected chi connectivity index (χ2v) is 9.29. The van der Waals surface area contributed by atoms with Crippen LogP contribution in [-0.2, 0) is 0 Å². The largest absolute Gasteiger partial charge is 0.495 e. The molecule has 4 N–H and O–H groups in total. The zero-order chi connectivity index (χ0) is 26.4. The number of amides is 3. The number of rotatable bonds is 7. The van der Waals surface area contributed by atoms with E-state index in [2.05, 4.69) is 37.3 Å². The molecule has 194 valence electrons. The molecule has 0 atom stereocenters. The van der Waals surface area contributed by atoms with Crippen LogP contribution in [0.15, 0.2) is 42.5 Å². The first kappa shape index (κ1) is 25.9. The number of nitrogens with zero attached hydrogens (tertiary/aromatic N) is 2. The fraction of sp³-hybridized carbons (Fsp3) is 0.357. The van der Waals surface area contributed by atoms with Gasteiger partial charge in [0.1, 0.15) is 23.2 Å². The Morgan fingerprint density at radius 3 is 2.35 bits per heavy atom. The van der Waals surface area contributed by atoms with E-state index in [-0.39, 0.29) is 5.91 Å². The van der Waals surface area contributed by atoms with Gasteiger partial charge < -0.3 is 20.7 Å². The van der Waals surface area contributed by atoms with Crippen LogP contribution in [0.5, 0.6) is 5.75 Å². The molecule has 0 saturated heterocycles. The smallest absolute Gasteiger partial charge is 0.324 e. The Kier molecular flexibility index (Phi) is 8.22. The summed E-state index contributed by atoms with van der Waals surface area (Å²) in [5.74, 6) is 2.32. The lowest BCUT2D eigenvalue weighted by Crippen LogP contribution is -2.21. The molecule has 9 heteroatoms. The van der Waals surface area contributed by atoms with Crippen molar-refractivity contribution >= 4 is 34.9 Å². The topological polar surface area (TPSA) is 117 Å². The summed E-state index contributed by atoms with van der Waals surface area (Å²) in [4.78, 5) is 34.3. The zero-order valence-electron chi connectivity index (χ0n) is 21.8. The number of hydrogen-bond acceptors (Lipinski definition) is 6. The minimum absolute atomic E-state index is 0.285. The van der Waals surface area contributed by atoms with E-state index in [9.17, 15) is 9.59 Å². The van der Waals surface area contributed by atoms with Crippen LogP contribution in [0.1, 0.15) is 65.3 Å². The first-order chi connectivity index (χ1) is 17.9. The Hall–Kier alpha value is -4.14. The van der Waals surface area contributed by atoms with Crippen LogP contribution >= 0.6 is 0 Å². The lowest BCUT2D eigenvalue weighted by molar-refractivity contribution is 0.102. The van der Waals surface area contributed by atoms with Gasteiger partial charge in [0.05, 0.1) is 12.8 Å². The number of carbonyl (C=O) groups excluding carboxylic acids is 2. The maximum atomic E-state index is 13.2. The van der Waals surface area contributed by atoms with Crippen molar-refractivity contribution in [2.75, 3.05) is 35.4 Å². The lowest BCUT2D eigenvalue weighted by atomic mass is 9.84. The third kappa shape index (κ3) is 6.55. The van der Waals surface area contributed by atoms with E-state index in [1.807, 2.05) is 19.1 Å². The average molecular weight is 503 g/mol. The van der Waals surface area contributed by atoms with Gasteiger partial charge in [0.2, 0.25) is 0 Å². The summed E-state index contributed by atoms with van der Waals surface area (Å²) in [5, 5.41) is 11.5. The molecule has 1 aliphatic carbocycles. The van der Waals surface area contributed by atoms with E-state index in [0.29, 0.717) is 46.1 Å². The molecule has 2 aromatic carbocycles. The van der Waals surface area contributed by atoms with E-state index in [0.717, 1.165) is 5.56 Å². The molecule has 9 nitrogen and oxygen atoms in total. The van der Waals surface area contributed by atoms with Crippen LogP contribution < -0.4 is 26.0 Å². The monoisotopic (exact) mass is 502 g/mol. The zero-order valence-corrected chi connectivity index (χ0v) is 21.8. The molecule has 37 heavy (non-hydrogen) atoms. The summed E-state index contributed by atoms with van der Waals surface area (Å²) >= 11 is 0. The Labute approximate surface area is 217 Å². The Morgan fingerprint density at radius 1 is 0.865 bits per heavy atom. The molecule has 1 aromatic heterocycles. The third-order valence-electron chi connectivity index (χ3n) is 6.63. The molecular formula is C28H34N6O3. The quantitative estimate of drug-likeness (QED) is 0.311. The van der Waals surface area contributed by atoms with E-state index in [1.165, 1.54) is 37.7 Å². The van der Waals surface area contributed by atoms with Crippen molar-refractivity contribution in [3.05, 3.63) is 65.0 Å². The van der Waals surface area contributed by atoms with Crippen molar-refractivity contribution in [1.29, 1.82) is 0 Å². The number of methoxy groups -OCH3 is 1. The highest BCUT2D eigenvalue weighted by Crippen LogP contribution is 2.36. The number of hydrogen-bond donors (Lipinski definition) is 4. The van der Waals surface area contributed by atoms with Gasteiger partial charge in [-0.25, -0.2) is 14.8 Å². The van der Waals surface area contributed by atoms with Gasteiger partial charge in [-0.15, -0.1) is 0 Å². The highest BCUT2D eigenvalue weighted by Gasteiger charge is 2.19. The normalized spacial score (nSPS) is 13.5. The molecule has 4 rings (SSSR count). The van der Waals surface area contributed by atoms with Crippen molar-refractivity contribution in [1.82, 2.24) is 9.97 Å². The van der Waals surface area contributed by atoms with E-state index in [4.69, 9.17) is 4.74 Å². The summed E-state index contributed by atoms with van der Waals surface area (Å²) in [6.45, 7) is 3.61. The molecule has 3 amide bonds. The van der Waals surface area contributed by atoms with Gasteiger partial charge in [0, 0.05) is 24.4 Å². The molecule has 0 aliphatic heterocycles. The van der Waals surface area contributed by atoms with Gasteiger partial charge in [-0.05, 0) is 68.0 Å². The predicted octanol–water partition coefficient (Wildman–Crippen LogP) is 6.09. The summed E-state index contributed by atoms with van der Waals surface area (Å²) in [6, 6.07) is 12.4. The van der Waals surface area contributed by atoms with Crippen molar-refractivity contribution in [2.24, 2.45) is 0 Å². The number of aryl methyl sites for hydroxylation is 2. The maximum absolute atomic E-state index is 13.2. The second-order valence-electron chi connectivity index (χ2n) is 9.29. The number of nitrogens with one attached hydrogen (secondary N) is 4. The maximum Gasteiger partial charge on any atom is 0.324 e. The van der Waals surface area contributed by atoms with Gasteiger partial charge >= 0.3 is 6.03 Å². The molecule has 0 spiro atoms. The minimum atomic E-state index is -0.470. The molecule has 1 saturated carbocycles.